The van der Waals surface area contributed by atoms with E-state index in [1.54, 1.807) is 0 Å². The maximum absolute atomic E-state index is 13.0. The van der Waals surface area contributed by atoms with Crippen LogP contribution in [0.15, 0.2) is 59.5 Å². The van der Waals surface area contributed by atoms with Crippen molar-refractivity contribution < 1.29 is 17.5 Å². The van der Waals surface area contributed by atoms with Crippen molar-refractivity contribution >= 4 is 9.84 Å². The lowest BCUT2D eigenvalue weighted by Crippen LogP contribution is -2.47. The lowest BCUT2D eigenvalue weighted by atomic mass is 10.3. The van der Waals surface area contributed by atoms with Crippen molar-refractivity contribution in [3.63, 3.8) is 0 Å². The number of piperazine rings is 1. The van der Waals surface area contributed by atoms with E-state index in [1.807, 2.05) is 30.3 Å². The van der Waals surface area contributed by atoms with Gasteiger partial charge in [0.1, 0.15) is 18.2 Å². The van der Waals surface area contributed by atoms with Gasteiger partial charge < -0.3 is 9.64 Å². The predicted molar refractivity (Wildman–Crippen MR) is 108 cm³/mol. The summed E-state index contributed by atoms with van der Waals surface area (Å²) in [4.78, 5) is 4.86. The van der Waals surface area contributed by atoms with E-state index in [0.29, 0.717) is 13.0 Å². The highest BCUT2D eigenvalue weighted by molar-refractivity contribution is 7.91. The molecule has 1 fully saturated rings. The second kappa shape index (κ2) is 10.0. The first kappa shape index (κ1) is 20.8. The first-order valence-corrected chi connectivity index (χ1v) is 11.3. The maximum Gasteiger partial charge on any atom is 0.178 e. The van der Waals surface area contributed by atoms with E-state index in [1.165, 1.54) is 24.3 Å². The lowest BCUT2D eigenvalue weighted by molar-refractivity contribution is 0.117. The molecule has 0 bridgehead atoms. The molecule has 0 aliphatic carbocycles. The smallest absolute Gasteiger partial charge is 0.178 e. The molecule has 0 amide bonds. The SMILES string of the molecule is O=S(=O)(CCCN1CCN(CCOc2ccccc2)CC1)c1ccc(F)cc1. The predicted octanol–water partition coefficient (Wildman–Crippen LogP) is 2.69. The van der Waals surface area contributed by atoms with Crippen LogP contribution in [0.2, 0.25) is 0 Å². The number of para-hydroxylation sites is 1. The van der Waals surface area contributed by atoms with E-state index in [0.717, 1.165) is 45.0 Å². The standard InChI is InChI=1S/C21H27FN2O3S/c22-19-7-9-21(10-8-19)28(25,26)18-4-11-23-12-14-24(15-13-23)16-17-27-20-5-2-1-3-6-20/h1-3,5-10H,4,11-18H2. The minimum absolute atomic E-state index is 0.0871. The fourth-order valence-corrected chi connectivity index (χ4v) is 4.58. The van der Waals surface area contributed by atoms with Crippen LogP contribution in [0.1, 0.15) is 6.42 Å². The first-order chi connectivity index (χ1) is 13.5. The molecule has 3 rings (SSSR count). The van der Waals surface area contributed by atoms with Crippen LogP contribution in [0.25, 0.3) is 0 Å². The fraction of sp³-hybridized carbons (Fsp3) is 0.429. The fourth-order valence-electron chi connectivity index (χ4n) is 3.28. The van der Waals surface area contributed by atoms with Crippen molar-refractivity contribution in [2.45, 2.75) is 11.3 Å². The van der Waals surface area contributed by atoms with Crippen LogP contribution in [-0.2, 0) is 9.84 Å². The second-order valence-electron chi connectivity index (χ2n) is 6.97. The molecule has 2 aromatic rings. The van der Waals surface area contributed by atoms with E-state index >= 15 is 0 Å². The van der Waals surface area contributed by atoms with Gasteiger partial charge in [0, 0.05) is 32.7 Å². The van der Waals surface area contributed by atoms with Gasteiger partial charge in [0.2, 0.25) is 0 Å². The van der Waals surface area contributed by atoms with Crippen LogP contribution < -0.4 is 4.74 Å². The van der Waals surface area contributed by atoms with Gasteiger partial charge in [-0.1, -0.05) is 18.2 Å². The van der Waals surface area contributed by atoms with Crippen LogP contribution in [0, 0.1) is 5.82 Å². The average molecular weight is 407 g/mol. The van der Waals surface area contributed by atoms with Gasteiger partial charge in [0.25, 0.3) is 0 Å². The Morgan fingerprint density at radius 3 is 2.11 bits per heavy atom. The highest BCUT2D eigenvalue weighted by Gasteiger charge is 2.18. The first-order valence-electron chi connectivity index (χ1n) is 9.64. The number of halogens is 1. The molecule has 0 atom stereocenters. The summed E-state index contributed by atoms with van der Waals surface area (Å²) in [7, 11) is -3.35. The van der Waals surface area contributed by atoms with E-state index in [-0.39, 0.29) is 10.6 Å². The normalized spacial score (nSPS) is 16.2. The van der Waals surface area contributed by atoms with Crippen molar-refractivity contribution in [1.82, 2.24) is 9.80 Å². The molecule has 1 heterocycles. The average Bonchev–Trinajstić information content (AvgIpc) is 2.70. The number of hydrogen-bond donors (Lipinski definition) is 0. The van der Waals surface area contributed by atoms with Gasteiger partial charge in [-0.25, -0.2) is 12.8 Å². The molecule has 5 nitrogen and oxygen atoms in total. The maximum atomic E-state index is 13.0. The molecule has 0 radical (unpaired) electrons. The van der Waals surface area contributed by atoms with Gasteiger partial charge in [-0.15, -0.1) is 0 Å². The molecule has 0 N–H and O–H groups in total. The topological polar surface area (TPSA) is 49.9 Å². The summed E-state index contributed by atoms with van der Waals surface area (Å²) in [6.45, 7) is 6.10. The van der Waals surface area contributed by atoms with E-state index in [2.05, 4.69) is 9.80 Å². The van der Waals surface area contributed by atoms with Gasteiger partial charge in [0.05, 0.1) is 10.6 Å². The third-order valence-corrected chi connectivity index (χ3v) is 6.76. The van der Waals surface area contributed by atoms with Crippen molar-refractivity contribution in [2.75, 3.05) is 51.6 Å². The third kappa shape index (κ3) is 6.29. The van der Waals surface area contributed by atoms with Crippen molar-refractivity contribution in [1.29, 1.82) is 0 Å². The molecule has 0 aromatic heterocycles. The Kier molecular flexibility index (Phi) is 7.42. The third-order valence-electron chi connectivity index (χ3n) is 4.94. The zero-order valence-electron chi connectivity index (χ0n) is 16.0. The summed E-state index contributed by atoms with van der Waals surface area (Å²) < 4.78 is 43.3. The number of nitrogens with zero attached hydrogens (tertiary/aromatic N) is 2. The summed E-state index contributed by atoms with van der Waals surface area (Å²) in [5.74, 6) is 0.554. The molecular formula is C21H27FN2O3S. The molecule has 0 saturated carbocycles. The molecule has 2 aromatic carbocycles. The Hall–Kier alpha value is -1.96. The largest absolute Gasteiger partial charge is 0.492 e. The van der Waals surface area contributed by atoms with Crippen LogP contribution >= 0.6 is 0 Å². The van der Waals surface area contributed by atoms with E-state index < -0.39 is 15.7 Å². The number of sulfone groups is 1. The zero-order chi connectivity index (χ0) is 19.8. The van der Waals surface area contributed by atoms with Crippen LogP contribution in [0.3, 0.4) is 0 Å². The molecule has 0 spiro atoms. The number of rotatable bonds is 9. The minimum atomic E-state index is -3.35. The second-order valence-corrected chi connectivity index (χ2v) is 9.08. The Bertz CT molecular complexity index is 820. The molecule has 28 heavy (non-hydrogen) atoms. The van der Waals surface area contributed by atoms with Crippen molar-refractivity contribution in [3.05, 3.63) is 60.4 Å². The van der Waals surface area contributed by atoms with Gasteiger partial charge in [0.15, 0.2) is 9.84 Å². The number of ether oxygens (including phenoxy) is 1. The minimum Gasteiger partial charge on any atom is -0.492 e. The Morgan fingerprint density at radius 1 is 0.857 bits per heavy atom. The Labute approximate surface area is 166 Å². The van der Waals surface area contributed by atoms with Gasteiger partial charge in [-0.05, 0) is 49.4 Å². The molecule has 7 heteroatoms. The summed E-state index contributed by atoms with van der Waals surface area (Å²) in [6, 6.07) is 14.9. The summed E-state index contributed by atoms with van der Waals surface area (Å²) in [6.07, 6.45) is 0.580. The van der Waals surface area contributed by atoms with E-state index in [4.69, 9.17) is 4.74 Å². The van der Waals surface area contributed by atoms with E-state index in [9.17, 15) is 12.8 Å². The summed E-state index contributed by atoms with van der Waals surface area (Å²) in [5.41, 5.74) is 0. The van der Waals surface area contributed by atoms with Gasteiger partial charge in [-0.2, -0.15) is 0 Å². The highest BCUT2D eigenvalue weighted by atomic mass is 32.2. The van der Waals surface area contributed by atoms with Crippen molar-refractivity contribution in [2.24, 2.45) is 0 Å². The van der Waals surface area contributed by atoms with Crippen molar-refractivity contribution in [3.8, 4) is 5.75 Å². The summed E-state index contributed by atoms with van der Waals surface area (Å²) in [5, 5.41) is 0. The summed E-state index contributed by atoms with van der Waals surface area (Å²) >= 11 is 0. The molecule has 1 saturated heterocycles. The van der Waals surface area contributed by atoms with Crippen LogP contribution in [0.5, 0.6) is 5.75 Å². The Balaban J connectivity index is 1.32. The monoisotopic (exact) mass is 406 g/mol. The lowest BCUT2D eigenvalue weighted by Gasteiger charge is -2.34. The highest BCUT2D eigenvalue weighted by Crippen LogP contribution is 2.13. The molecular weight excluding hydrogens is 379 g/mol. The quantitative estimate of drug-likeness (QED) is 0.600. The van der Waals surface area contributed by atoms with Gasteiger partial charge in [-0.3, -0.25) is 4.90 Å². The van der Waals surface area contributed by atoms with Gasteiger partial charge >= 0.3 is 0 Å². The molecule has 152 valence electrons. The number of benzene rings is 2. The molecule has 1 aliphatic heterocycles. The Morgan fingerprint density at radius 2 is 1.46 bits per heavy atom. The molecule has 0 unspecified atom stereocenters. The van der Waals surface area contributed by atoms with Crippen LogP contribution in [-0.4, -0.2) is 69.8 Å². The number of hydrogen-bond acceptors (Lipinski definition) is 5. The zero-order valence-corrected chi connectivity index (χ0v) is 16.8. The molecule has 1 aliphatic rings. The van der Waals surface area contributed by atoms with Crippen LogP contribution in [0.4, 0.5) is 4.39 Å².